The van der Waals surface area contributed by atoms with Gasteiger partial charge in [-0.25, -0.2) is 0 Å². The third-order valence-electron chi connectivity index (χ3n) is 4.04. The van der Waals surface area contributed by atoms with E-state index in [2.05, 4.69) is 11.9 Å². The lowest BCUT2D eigenvalue weighted by atomic mass is 10.1. The van der Waals surface area contributed by atoms with Gasteiger partial charge in [0.2, 0.25) is 0 Å². The summed E-state index contributed by atoms with van der Waals surface area (Å²) in [6.45, 7) is 2.94. The smallest absolute Gasteiger partial charge is 0.255 e. The topological polar surface area (TPSA) is 59.2 Å². The number of hydrogen-bond acceptors (Lipinski definition) is 3. The molecule has 1 saturated heterocycles. The molecule has 2 aromatic rings. The van der Waals surface area contributed by atoms with Crippen LogP contribution in [0.3, 0.4) is 0 Å². The first-order valence-corrected chi connectivity index (χ1v) is 7.27. The summed E-state index contributed by atoms with van der Waals surface area (Å²) in [6, 6.07) is 9.82. The molecule has 0 radical (unpaired) electrons. The summed E-state index contributed by atoms with van der Waals surface area (Å²) in [5.74, 6) is 0.0739. The van der Waals surface area contributed by atoms with Crippen molar-refractivity contribution < 1.29 is 4.79 Å². The number of nitrogens with two attached hydrogens (primary N) is 1. The quantitative estimate of drug-likeness (QED) is 0.861. The Morgan fingerprint density at radius 1 is 1.24 bits per heavy atom. The summed E-state index contributed by atoms with van der Waals surface area (Å²) in [5.41, 5.74) is 9.03. The minimum Gasteiger partial charge on any atom is -0.399 e. The van der Waals surface area contributed by atoms with Crippen LogP contribution < -0.4 is 5.73 Å². The molecule has 1 aliphatic rings. The predicted molar refractivity (Wildman–Crippen MR) is 83.8 cm³/mol. The zero-order valence-electron chi connectivity index (χ0n) is 12.1. The molecule has 0 spiro atoms. The van der Waals surface area contributed by atoms with Crippen LogP contribution in [-0.4, -0.2) is 28.4 Å². The lowest BCUT2D eigenvalue weighted by Crippen LogP contribution is -2.33. The van der Waals surface area contributed by atoms with Crippen LogP contribution in [-0.2, 0) is 0 Å². The van der Waals surface area contributed by atoms with Crippen molar-refractivity contribution in [2.75, 3.05) is 12.3 Å². The molecule has 3 rings (SSSR count). The van der Waals surface area contributed by atoms with Crippen molar-refractivity contribution in [2.45, 2.75) is 25.8 Å². The van der Waals surface area contributed by atoms with Crippen LogP contribution in [0.2, 0.25) is 0 Å². The number of hydrogen-bond donors (Lipinski definition) is 1. The molecule has 1 aromatic carbocycles. The first kappa shape index (κ1) is 13.6. The van der Waals surface area contributed by atoms with E-state index in [0.717, 1.165) is 36.2 Å². The van der Waals surface area contributed by atoms with E-state index in [-0.39, 0.29) is 5.91 Å². The summed E-state index contributed by atoms with van der Waals surface area (Å²) < 4.78 is 0. The molecule has 2 N–H and O–H groups in total. The standard InChI is InChI=1S/C17H19N3O/c1-12-3-2-8-20(12)17(21)15-9-14(10-19-11-15)13-4-6-16(18)7-5-13/h4-7,9-12H,2-3,8,18H2,1H3. The molecule has 1 aliphatic heterocycles. The molecule has 1 unspecified atom stereocenters. The van der Waals surface area contributed by atoms with Gasteiger partial charge in [0.15, 0.2) is 0 Å². The van der Waals surface area contributed by atoms with Gasteiger partial charge in [-0.05, 0) is 43.5 Å². The van der Waals surface area contributed by atoms with Gasteiger partial charge < -0.3 is 10.6 Å². The maximum absolute atomic E-state index is 12.6. The summed E-state index contributed by atoms with van der Waals surface area (Å²) >= 11 is 0. The lowest BCUT2D eigenvalue weighted by Gasteiger charge is -2.21. The molecule has 1 fully saturated rings. The van der Waals surface area contributed by atoms with Gasteiger partial charge in [0.05, 0.1) is 5.56 Å². The van der Waals surface area contributed by atoms with Crippen molar-refractivity contribution in [3.63, 3.8) is 0 Å². The molecule has 4 heteroatoms. The Balaban J connectivity index is 1.89. The number of nitrogen functional groups attached to an aromatic ring is 1. The first-order chi connectivity index (χ1) is 10.1. The molecule has 108 valence electrons. The maximum atomic E-state index is 12.6. The third kappa shape index (κ3) is 2.75. The van der Waals surface area contributed by atoms with E-state index >= 15 is 0 Å². The molecule has 0 aliphatic carbocycles. The third-order valence-corrected chi connectivity index (χ3v) is 4.04. The second kappa shape index (κ2) is 5.56. The predicted octanol–water partition coefficient (Wildman–Crippen LogP) is 2.96. The molecule has 0 saturated carbocycles. The van der Waals surface area contributed by atoms with Crippen LogP contribution in [0.15, 0.2) is 42.7 Å². The number of carbonyl (C=O) groups excluding carboxylic acids is 1. The highest BCUT2D eigenvalue weighted by Crippen LogP contribution is 2.23. The van der Waals surface area contributed by atoms with Gasteiger partial charge in [-0.15, -0.1) is 0 Å². The van der Waals surface area contributed by atoms with E-state index in [9.17, 15) is 4.79 Å². The van der Waals surface area contributed by atoms with Crippen LogP contribution >= 0.6 is 0 Å². The maximum Gasteiger partial charge on any atom is 0.255 e. The molecular formula is C17H19N3O. The Labute approximate surface area is 124 Å². The van der Waals surface area contributed by atoms with Crippen molar-refractivity contribution in [2.24, 2.45) is 0 Å². The zero-order chi connectivity index (χ0) is 14.8. The van der Waals surface area contributed by atoms with Gasteiger partial charge in [-0.1, -0.05) is 12.1 Å². The van der Waals surface area contributed by atoms with E-state index in [1.54, 1.807) is 12.4 Å². The van der Waals surface area contributed by atoms with E-state index in [1.165, 1.54) is 0 Å². The number of rotatable bonds is 2. The van der Waals surface area contributed by atoms with Gasteiger partial charge in [-0.2, -0.15) is 0 Å². The first-order valence-electron chi connectivity index (χ1n) is 7.27. The fourth-order valence-corrected chi connectivity index (χ4v) is 2.79. The van der Waals surface area contributed by atoms with E-state index in [1.807, 2.05) is 35.2 Å². The van der Waals surface area contributed by atoms with Gasteiger partial charge in [-0.3, -0.25) is 9.78 Å². The highest BCUT2D eigenvalue weighted by Gasteiger charge is 2.26. The minimum atomic E-state index is 0.0739. The van der Waals surface area contributed by atoms with E-state index in [4.69, 9.17) is 5.73 Å². The molecule has 21 heavy (non-hydrogen) atoms. The van der Waals surface area contributed by atoms with Gasteiger partial charge in [0, 0.05) is 36.2 Å². The van der Waals surface area contributed by atoms with Crippen molar-refractivity contribution >= 4 is 11.6 Å². The Morgan fingerprint density at radius 3 is 2.67 bits per heavy atom. The molecule has 1 aromatic heterocycles. The van der Waals surface area contributed by atoms with Crippen molar-refractivity contribution in [3.8, 4) is 11.1 Å². The monoisotopic (exact) mass is 281 g/mol. The number of anilines is 1. The average Bonchev–Trinajstić information content (AvgIpc) is 2.93. The Bertz CT molecular complexity index is 651. The van der Waals surface area contributed by atoms with Crippen molar-refractivity contribution in [3.05, 3.63) is 48.3 Å². The zero-order valence-corrected chi connectivity index (χ0v) is 12.1. The largest absolute Gasteiger partial charge is 0.399 e. The fraction of sp³-hybridized carbons (Fsp3) is 0.294. The van der Waals surface area contributed by atoms with Gasteiger partial charge in [0.1, 0.15) is 0 Å². The summed E-state index contributed by atoms with van der Waals surface area (Å²) in [5, 5.41) is 0. The molecule has 0 bridgehead atoms. The summed E-state index contributed by atoms with van der Waals surface area (Å²) in [6.07, 6.45) is 5.58. The number of likely N-dealkylation sites (tertiary alicyclic amines) is 1. The van der Waals surface area contributed by atoms with Crippen LogP contribution in [0.1, 0.15) is 30.1 Å². The van der Waals surface area contributed by atoms with Gasteiger partial charge >= 0.3 is 0 Å². The second-order valence-electron chi connectivity index (χ2n) is 5.57. The van der Waals surface area contributed by atoms with Crippen LogP contribution in [0.5, 0.6) is 0 Å². The highest BCUT2D eigenvalue weighted by atomic mass is 16.2. The lowest BCUT2D eigenvalue weighted by molar-refractivity contribution is 0.0747. The minimum absolute atomic E-state index is 0.0739. The Hall–Kier alpha value is -2.36. The van der Waals surface area contributed by atoms with Crippen LogP contribution in [0.4, 0.5) is 5.69 Å². The van der Waals surface area contributed by atoms with Crippen molar-refractivity contribution in [1.82, 2.24) is 9.88 Å². The SMILES string of the molecule is CC1CCCN1C(=O)c1cncc(-c2ccc(N)cc2)c1. The number of amides is 1. The Morgan fingerprint density at radius 2 is 2.00 bits per heavy atom. The number of benzene rings is 1. The van der Waals surface area contributed by atoms with E-state index in [0.29, 0.717) is 11.6 Å². The van der Waals surface area contributed by atoms with Crippen LogP contribution in [0, 0.1) is 0 Å². The normalized spacial score (nSPS) is 18.0. The summed E-state index contributed by atoms with van der Waals surface area (Å²) in [4.78, 5) is 18.7. The second-order valence-corrected chi connectivity index (χ2v) is 5.57. The molecule has 1 amide bonds. The molecule has 1 atom stereocenters. The Kier molecular flexibility index (Phi) is 3.60. The molecule has 2 heterocycles. The highest BCUT2D eigenvalue weighted by molar-refractivity contribution is 5.95. The number of pyridine rings is 1. The van der Waals surface area contributed by atoms with Crippen LogP contribution in [0.25, 0.3) is 11.1 Å². The average molecular weight is 281 g/mol. The number of carbonyl (C=O) groups is 1. The molecule has 4 nitrogen and oxygen atoms in total. The molecular weight excluding hydrogens is 262 g/mol. The number of aromatic nitrogens is 1. The van der Waals surface area contributed by atoms with Gasteiger partial charge in [0.25, 0.3) is 5.91 Å². The van der Waals surface area contributed by atoms with Crippen molar-refractivity contribution in [1.29, 1.82) is 0 Å². The number of nitrogens with zero attached hydrogens (tertiary/aromatic N) is 2. The van der Waals surface area contributed by atoms with E-state index < -0.39 is 0 Å². The summed E-state index contributed by atoms with van der Waals surface area (Å²) in [7, 11) is 0. The fourth-order valence-electron chi connectivity index (χ4n) is 2.79.